The fraction of sp³-hybridized carbons (Fsp3) is 0.105. The molecule has 0 aliphatic rings. The highest BCUT2D eigenvalue weighted by atomic mass is 19.4. The van der Waals surface area contributed by atoms with E-state index in [1.807, 2.05) is 0 Å². The lowest BCUT2D eigenvalue weighted by atomic mass is 10.3. The first kappa shape index (κ1) is 20.4. The average Bonchev–Trinajstić information content (AvgIpc) is 2.98. The molecule has 0 amide bonds. The third-order valence-electron chi connectivity index (χ3n) is 4.15. The number of hydrogen-bond acceptors (Lipinski definition) is 5. The number of imidazole rings is 1. The maximum atomic E-state index is 13.9. The van der Waals surface area contributed by atoms with Crippen molar-refractivity contribution in [3.63, 3.8) is 0 Å². The first-order valence-corrected chi connectivity index (χ1v) is 8.59. The number of nitrogens with zero attached hydrogens (tertiary/aromatic N) is 4. The topological polar surface area (TPSA) is 64.9 Å². The molecule has 0 saturated carbocycles. The Bertz CT molecular complexity index is 1290. The molecule has 0 fully saturated rings. The number of rotatable bonds is 4. The van der Waals surface area contributed by atoms with Gasteiger partial charge in [-0.2, -0.15) is 0 Å². The molecule has 2 aromatic heterocycles. The third-order valence-corrected chi connectivity index (χ3v) is 4.15. The number of benzene rings is 2. The smallest absolute Gasteiger partial charge is 0.403 e. The number of ether oxygens (including phenoxy) is 1. The van der Waals surface area contributed by atoms with Crippen LogP contribution in [0.2, 0.25) is 0 Å². The van der Waals surface area contributed by atoms with Gasteiger partial charge in [-0.25, -0.2) is 23.1 Å². The normalized spacial score (nSPS) is 11.7. The lowest BCUT2D eigenvalue weighted by molar-refractivity contribution is -0.275. The summed E-state index contributed by atoms with van der Waals surface area (Å²) >= 11 is 0. The number of aryl methyl sites for hydroxylation is 1. The van der Waals surface area contributed by atoms with Crippen molar-refractivity contribution in [2.45, 2.75) is 13.3 Å². The van der Waals surface area contributed by atoms with E-state index in [1.165, 1.54) is 17.0 Å². The molecule has 6 nitrogen and oxygen atoms in total. The molecule has 0 saturated heterocycles. The van der Waals surface area contributed by atoms with Gasteiger partial charge in [0.1, 0.15) is 5.82 Å². The van der Waals surface area contributed by atoms with Gasteiger partial charge in [-0.1, -0.05) is 0 Å². The summed E-state index contributed by atoms with van der Waals surface area (Å²) in [6, 6.07) is 4.70. The fourth-order valence-electron chi connectivity index (χ4n) is 2.94. The van der Waals surface area contributed by atoms with Crippen LogP contribution < -0.4 is 10.1 Å². The van der Waals surface area contributed by atoms with Crippen LogP contribution in [-0.2, 0) is 0 Å². The second-order valence-electron chi connectivity index (χ2n) is 6.33. The Kier molecular flexibility index (Phi) is 4.91. The van der Waals surface area contributed by atoms with Crippen LogP contribution in [0.5, 0.6) is 5.75 Å². The second-order valence-corrected chi connectivity index (χ2v) is 6.33. The number of nitrogens with one attached hydrogen (secondary N) is 1. The molecule has 0 atom stereocenters. The van der Waals surface area contributed by atoms with E-state index in [1.54, 1.807) is 6.92 Å². The predicted octanol–water partition coefficient (Wildman–Crippen LogP) is 5.18. The molecule has 0 aliphatic carbocycles. The molecule has 12 heteroatoms. The van der Waals surface area contributed by atoms with Crippen LogP contribution in [0.15, 0.2) is 42.7 Å². The number of fused-ring (bicyclic) bond motifs is 1. The van der Waals surface area contributed by atoms with Crippen molar-refractivity contribution in [3.05, 3.63) is 66.0 Å². The molecule has 4 aromatic rings. The zero-order valence-corrected chi connectivity index (χ0v) is 15.5. The van der Waals surface area contributed by atoms with Crippen molar-refractivity contribution in [2.75, 3.05) is 5.32 Å². The quantitative estimate of drug-likeness (QED) is 0.444. The summed E-state index contributed by atoms with van der Waals surface area (Å²) in [4.78, 5) is 12.5. The molecule has 2 aromatic carbocycles. The molecule has 0 aliphatic heterocycles. The van der Waals surface area contributed by atoms with Gasteiger partial charge in [0, 0.05) is 23.9 Å². The minimum Gasteiger partial charge on any atom is -0.403 e. The second kappa shape index (κ2) is 7.45. The Morgan fingerprint density at radius 2 is 1.68 bits per heavy atom. The van der Waals surface area contributed by atoms with Gasteiger partial charge in [-0.15, -0.1) is 13.2 Å². The van der Waals surface area contributed by atoms with Crippen molar-refractivity contribution in [2.24, 2.45) is 0 Å². The lowest BCUT2D eigenvalue weighted by Gasteiger charge is -2.12. The molecule has 0 unspecified atom stereocenters. The van der Waals surface area contributed by atoms with Crippen molar-refractivity contribution in [1.29, 1.82) is 0 Å². The summed E-state index contributed by atoms with van der Waals surface area (Å²) in [5.41, 5.74) is 0.542. The molecule has 4 rings (SSSR count). The van der Waals surface area contributed by atoms with Crippen molar-refractivity contribution < 1.29 is 31.1 Å². The van der Waals surface area contributed by atoms with Gasteiger partial charge in [0.05, 0.1) is 23.4 Å². The highest BCUT2D eigenvalue weighted by Crippen LogP contribution is 2.29. The van der Waals surface area contributed by atoms with Crippen LogP contribution in [0, 0.1) is 24.4 Å². The van der Waals surface area contributed by atoms with E-state index in [9.17, 15) is 26.3 Å². The van der Waals surface area contributed by atoms with E-state index in [2.05, 4.69) is 25.0 Å². The van der Waals surface area contributed by atoms with Crippen LogP contribution in [-0.4, -0.2) is 25.9 Å². The zero-order valence-electron chi connectivity index (χ0n) is 15.5. The molecule has 1 N–H and O–H groups in total. The van der Waals surface area contributed by atoms with E-state index >= 15 is 0 Å². The third kappa shape index (κ3) is 4.22. The Morgan fingerprint density at radius 3 is 2.39 bits per heavy atom. The molecule has 0 radical (unpaired) electrons. The van der Waals surface area contributed by atoms with Crippen molar-refractivity contribution >= 4 is 22.5 Å². The molecule has 2 heterocycles. The van der Waals surface area contributed by atoms with Crippen LogP contribution >= 0.6 is 0 Å². The molecular formula is C19H11F6N5O. The van der Waals surface area contributed by atoms with Crippen LogP contribution in [0.4, 0.5) is 37.8 Å². The van der Waals surface area contributed by atoms with E-state index in [0.717, 1.165) is 30.3 Å². The summed E-state index contributed by atoms with van der Waals surface area (Å²) < 4.78 is 82.9. The molecule has 0 bridgehead atoms. The van der Waals surface area contributed by atoms with Crippen LogP contribution in [0.25, 0.3) is 16.9 Å². The average molecular weight is 439 g/mol. The number of aromatic nitrogens is 4. The van der Waals surface area contributed by atoms with Gasteiger partial charge in [0.25, 0.3) is 0 Å². The summed E-state index contributed by atoms with van der Waals surface area (Å²) in [5, 5.41) is 2.71. The van der Waals surface area contributed by atoms with Crippen molar-refractivity contribution in [1.82, 2.24) is 19.5 Å². The molecule has 160 valence electrons. The first-order valence-electron chi connectivity index (χ1n) is 8.59. The van der Waals surface area contributed by atoms with Gasteiger partial charge in [0.2, 0.25) is 0 Å². The molecule has 0 spiro atoms. The minimum atomic E-state index is -5.02. The number of anilines is 2. The van der Waals surface area contributed by atoms with Gasteiger partial charge >= 0.3 is 6.36 Å². The van der Waals surface area contributed by atoms with Gasteiger partial charge in [-0.3, -0.25) is 9.55 Å². The Labute approximate surface area is 170 Å². The van der Waals surface area contributed by atoms with E-state index in [-0.39, 0.29) is 28.4 Å². The Balaban J connectivity index is 1.66. The summed E-state index contributed by atoms with van der Waals surface area (Å²) in [5.74, 6) is -3.62. The highest BCUT2D eigenvalue weighted by molar-refractivity contribution is 5.78. The van der Waals surface area contributed by atoms with E-state index in [4.69, 9.17) is 0 Å². The SMILES string of the molecule is Cc1nc2cc(F)c(F)cc2n1-c1cncc(Nc2ccc(OC(F)(F)F)c(F)c2)n1. The summed E-state index contributed by atoms with van der Waals surface area (Å²) in [6.45, 7) is 1.60. The number of hydrogen-bond donors (Lipinski definition) is 1. The summed E-state index contributed by atoms with van der Waals surface area (Å²) in [7, 11) is 0. The number of halogens is 6. The van der Waals surface area contributed by atoms with E-state index < -0.39 is 29.6 Å². The van der Waals surface area contributed by atoms with Gasteiger partial charge in [0.15, 0.2) is 34.8 Å². The Hall–Kier alpha value is -3.83. The predicted molar refractivity (Wildman–Crippen MR) is 97.7 cm³/mol. The van der Waals surface area contributed by atoms with Crippen LogP contribution in [0.1, 0.15) is 5.82 Å². The Morgan fingerprint density at radius 1 is 0.935 bits per heavy atom. The van der Waals surface area contributed by atoms with Gasteiger partial charge < -0.3 is 10.1 Å². The van der Waals surface area contributed by atoms with E-state index in [0.29, 0.717) is 5.82 Å². The maximum absolute atomic E-state index is 13.9. The highest BCUT2D eigenvalue weighted by Gasteiger charge is 2.32. The minimum absolute atomic E-state index is 0.0822. The zero-order chi connectivity index (χ0) is 22.3. The lowest BCUT2D eigenvalue weighted by Crippen LogP contribution is -2.18. The molecular weight excluding hydrogens is 428 g/mol. The monoisotopic (exact) mass is 439 g/mol. The maximum Gasteiger partial charge on any atom is 0.573 e. The van der Waals surface area contributed by atoms with Crippen LogP contribution in [0.3, 0.4) is 0 Å². The molecule has 31 heavy (non-hydrogen) atoms. The van der Waals surface area contributed by atoms with Crippen molar-refractivity contribution in [3.8, 4) is 11.6 Å². The standard InChI is InChI=1S/C19H11F6N5O/c1-9-27-14-5-11(20)12(21)6-15(14)30(9)18-8-26-7-17(29-18)28-10-2-3-16(13(22)4-10)31-19(23,24)25/h2-8H,1H3,(H,28,29). The number of alkyl halides is 3. The fourth-order valence-corrected chi connectivity index (χ4v) is 2.94. The van der Waals surface area contributed by atoms with Gasteiger partial charge in [-0.05, 0) is 19.1 Å². The first-order chi connectivity index (χ1) is 14.6. The largest absolute Gasteiger partial charge is 0.573 e. The summed E-state index contributed by atoms with van der Waals surface area (Å²) in [6.07, 6.45) is -2.39.